The maximum Gasteiger partial charge on any atom is 0.0352 e. The van der Waals surface area contributed by atoms with Gasteiger partial charge in [-0.3, -0.25) is 5.21 Å². The predicted molar refractivity (Wildman–Crippen MR) is 22.2 cm³/mol. The molecule has 0 atom stereocenters. The third kappa shape index (κ3) is 3.39. The van der Waals surface area contributed by atoms with Gasteiger partial charge in [-0.15, -0.1) is 0 Å². The Labute approximate surface area is 36.0 Å². The summed E-state index contributed by atoms with van der Waals surface area (Å²) in [5.74, 6) is 0. The molecule has 0 amide bonds. The van der Waals surface area contributed by atoms with Crippen molar-refractivity contribution in [3.63, 3.8) is 0 Å². The summed E-state index contributed by atoms with van der Waals surface area (Å²) in [7, 11) is 1.40. The largest absolute Gasteiger partial charge is 0.294 e. The number of hydrazone groups is 1. The lowest BCUT2D eigenvalue weighted by Crippen LogP contribution is -2.25. The first-order chi connectivity index (χ1) is 2.77. The molecule has 0 aliphatic heterocycles. The van der Waals surface area contributed by atoms with Crippen LogP contribution in [0.4, 0.5) is 0 Å². The Hall–Kier alpha value is -0.610. The van der Waals surface area contributed by atoms with Crippen molar-refractivity contribution in [2.24, 2.45) is 5.10 Å². The van der Waals surface area contributed by atoms with E-state index in [1.165, 1.54) is 7.05 Å². The van der Waals surface area contributed by atoms with Crippen LogP contribution >= 0.6 is 0 Å². The van der Waals surface area contributed by atoms with Gasteiger partial charge in [0.1, 0.15) is 0 Å². The van der Waals surface area contributed by atoms with E-state index < -0.39 is 0 Å². The minimum absolute atomic E-state index is 0.701. The second-order valence-corrected chi connectivity index (χ2v) is 0.782. The molecule has 0 spiro atoms. The number of hydrazine groups is 1. The van der Waals surface area contributed by atoms with Gasteiger partial charge in [-0.25, -0.2) is 5.53 Å². The van der Waals surface area contributed by atoms with Crippen molar-refractivity contribution in [3.8, 4) is 0 Å². The molecule has 0 fully saturated rings. The number of hydroxylamine groups is 1. The first-order valence-corrected chi connectivity index (χ1v) is 1.41. The molecule has 0 rings (SSSR count). The number of rotatable bonds is 2. The summed E-state index contributed by atoms with van der Waals surface area (Å²) >= 11 is 0. The summed E-state index contributed by atoms with van der Waals surface area (Å²) in [4.78, 5) is 0. The van der Waals surface area contributed by atoms with E-state index in [0.29, 0.717) is 5.17 Å². The lowest BCUT2D eigenvalue weighted by Gasteiger charge is -2.01. The Morgan fingerprint density at radius 2 is 2.50 bits per heavy atom. The normalized spacial score (nSPS) is 8.50. The molecule has 0 aliphatic rings. The number of hydrogen-bond acceptors (Lipinski definition) is 4. The fourth-order valence-corrected chi connectivity index (χ4v) is 0.102. The average Bonchev–Trinajstić information content (AvgIpc) is 1.35. The van der Waals surface area contributed by atoms with Gasteiger partial charge < -0.3 is 0 Å². The fraction of sp³-hybridized carbons (Fsp3) is 0.500. The van der Waals surface area contributed by atoms with Gasteiger partial charge in [0.05, 0.1) is 0 Å². The van der Waals surface area contributed by atoms with Crippen molar-refractivity contribution in [3.05, 3.63) is 0 Å². The van der Waals surface area contributed by atoms with Gasteiger partial charge in [0.25, 0.3) is 0 Å². The van der Waals surface area contributed by atoms with Gasteiger partial charge in [0.15, 0.2) is 0 Å². The molecule has 0 aromatic rings. The van der Waals surface area contributed by atoms with E-state index in [0.717, 1.165) is 0 Å². The molecule has 0 aromatic heterocycles. The highest BCUT2D eigenvalue weighted by Crippen LogP contribution is 1.55. The highest BCUT2D eigenvalue weighted by atomic mass is 16.5. The lowest BCUT2D eigenvalue weighted by atomic mass is 11.5. The van der Waals surface area contributed by atoms with Crippen molar-refractivity contribution in [1.82, 2.24) is 10.7 Å². The zero-order valence-corrected chi connectivity index (χ0v) is 3.55. The molecule has 2 N–H and O–H groups in total. The van der Waals surface area contributed by atoms with E-state index in [1.807, 2.05) is 0 Å². The average molecular weight is 89.1 g/mol. The third-order valence-electron chi connectivity index (χ3n) is 0.215. The molecule has 0 aliphatic carbocycles. The maximum atomic E-state index is 8.14. The predicted octanol–water partition coefficient (Wildman–Crippen LogP) is -0.572. The van der Waals surface area contributed by atoms with Crippen molar-refractivity contribution in [2.75, 3.05) is 7.05 Å². The molecule has 6 heavy (non-hydrogen) atoms. The number of nitrogens with zero attached hydrogens (tertiary/aromatic N) is 2. The molecule has 4 heteroatoms. The van der Waals surface area contributed by atoms with Crippen LogP contribution in [-0.4, -0.2) is 24.1 Å². The smallest absolute Gasteiger partial charge is 0.0352 e. The molecular formula is C2H7N3O. The Morgan fingerprint density at radius 1 is 2.00 bits per heavy atom. The molecule has 4 nitrogen and oxygen atoms in total. The van der Waals surface area contributed by atoms with Crippen molar-refractivity contribution in [2.45, 2.75) is 0 Å². The van der Waals surface area contributed by atoms with Crippen LogP contribution in [0.3, 0.4) is 0 Å². The van der Waals surface area contributed by atoms with E-state index in [2.05, 4.69) is 17.4 Å². The van der Waals surface area contributed by atoms with Crippen LogP contribution in [-0.2, 0) is 0 Å². The molecule has 0 unspecified atom stereocenters. The second kappa shape index (κ2) is 2.62. The Kier molecular flexibility index (Phi) is 2.35. The van der Waals surface area contributed by atoms with Gasteiger partial charge in [-0.05, 0) is 0 Å². The first-order valence-electron chi connectivity index (χ1n) is 1.41. The van der Waals surface area contributed by atoms with E-state index in [9.17, 15) is 0 Å². The fourth-order valence-electron chi connectivity index (χ4n) is 0.102. The maximum absolute atomic E-state index is 8.14. The standard InChI is InChI=1S/C2H7N3O/c1-3-4-5(2)6/h4,6H,1H2,2H3. The summed E-state index contributed by atoms with van der Waals surface area (Å²) in [5.41, 5.74) is 2.11. The minimum atomic E-state index is 0.701. The van der Waals surface area contributed by atoms with Gasteiger partial charge >= 0.3 is 0 Å². The van der Waals surface area contributed by atoms with Crippen molar-refractivity contribution >= 4 is 6.72 Å². The van der Waals surface area contributed by atoms with Gasteiger partial charge in [-0.2, -0.15) is 5.10 Å². The van der Waals surface area contributed by atoms with E-state index in [-0.39, 0.29) is 0 Å². The molecule has 0 heterocycles. The van der Waals surface area contributed by atoms with Crippen LogP contribution in [0.2, 0.25) is 0 Å². The number of nitrogens with one attached hydrogen (secondary N) is 1. The van der Waals surface area contributed by atoms with E-state index in [4.69, 9.17) is 5.21 Å². The molecule has 0 radical (unpaired) electrons. The monoisotopic (exact) mass is 89.1 g/mol. The van der Waals surface area contributed by atoms with E-state index in [1.54, 1.807) is 0 Å². The highest BCUT2D eigenvalue weighted by Gasteiger charge is 1.74. The Morgan fingerprint density at radius 3 is 2.50 bits per heavy atom. The van der Waals surface area contributed by atoms with Gasteiger partial charge in [-0.1, -0.05) is 5.17 Å². The summed E-state index contributed by atoms with van der Waals surface area (Å²) < 4.78 is 0. The minimum Gasteiger partial charge on any atom is -0.294 e. The SMILES string of the molecule is C=NNN(C)O. The summed E-state index contributed by atoms with van der Waals surface area (Å²) in [6.45, 7) is 3.04. The van der Waals surface area contributed by atoms with Gasteiger partial charge in [0, 0.05) is 13.8 Å². The Bertz CT molecular complexity index is 44.1. The topological polar surface area (TPSA) is 47.9 Å². The van der Waals surface area contributed by atoms with Crippen LogP contribution in [0.25, 0.3) is 0 Å². The Balaban J connectivity index is 2.81. The third-order valence-corrected chi connectivity index (χ3v) is 0.215. The molecule has 36 valence electrons. The second-order valence-electron chi connectivity index (χ2n) is 0.782. The zero-order valence-electron chi connectivity index (χ0n) is 3.55. The zero-order chi connectivity index (χ0) is 4.99. The van der Waals surface area contributed by atoms with Crippen LogP contribution in [0.15, 0.2) is 5.10 Å². The van der Waals surface area contributed by atoms with Crippen LogP contribution in [0.5, 0.6) is 0 Å². The molecular weight excluding hydrogens is 82.0 g/mol. The van der Waals surface area contributed by atoms with Gasteiger partial charge in [0.2, 0.25) is 0 Å². The molecule has 0 saturated heterocycles. The summed E-state index contributed by atoms with van der Waals surface area (Å²) in [6, 6.07) is 0. The molecule has 0 aromatic carbocycles. The lowest BCUT2D eigenvalue weighted by molar-refractivity contribution is -0.111. The van der Waals surface area contributed by atoms with E-state index >= 15 is 0 Å². The summed E-state index contributed by atoms with van der Waals surface area (Å²) in [5, 5.41) is 12.0. The van der Waals surface area contributed by atoms with Crippen LogP contribution in [0.1, 0.15) is 0 Å². The molecule has 0 saturated carbocycles. The molecule has 0 bridgehead atoms. The summed E-state index contributed by atoms with van der Waals surface area (Å²) in [6.07, 6.45) is 0. The van der Waals surface area contributed by atoms with Crippen LogP contribution < -0.4 is 5.53 Å². The quantitative estimate of drug-likeness (QED) is 0.352. The highest BCUT2D eigenvalue weighted by molar-refractivity contribution is 5.21. The first kappa shape index (κ1) is 5.39. The number of hydrogen-bond donors (Lipinski definition) is 2. The van der Waals surface area contributed by atoms with Crippen LogP contribution in [0, 0.1) is 0 Å². The van der Waals surface area contributed by atoms with Crippen molar-refractivity contribution in [1.29, 1.82) is 0 Å². The van der Waals surface area contributed by atoms with Crippen molar-refractivity contribution < 1.29 is 5.21 Å².